The Morgan fingerprint density at radius 1 is 1.04 bits per heavy atom. The van der Waals surface area contributed by atoms with Gasteiger partial charge in [0.05, 0.1) is 0 Å². The molecule has 1 atom stereocenters. The van der Waals surface area contributed by atoms with Crippen molar-refractivity contribution in [2.24, 2.45) is 0 Å². The maximum Gasteiger partial charge on any atom is 0.339 e. The highest BCUT2D eigenvalue weighted by atomic mass is 32.2. The largest absolute Gasteiger partial charge is 0.455 e. The molecule has 0 aliphatic carbocycles. The van der Waals surface area contributed by atoms with Crippen LogP contribution in [0, 0.1) is 6.92 Å². The van der Waals surface area contributed by atoms with Crippen LogP contribution in [0.1, 0.15) is 38.3 Å². The summed E-state index contributed by atoms with van der Waals surface area (Å²) in [4.78, 5) is 11.4. The second-order valence-corrected chi connectivity index (χ2v) is 7.60. The number of hydrogen-bond acceptors (Lipinski definition) is 5. The van der Waals surface area contributed by atoms with Crippen LogP contribution in [0.15, 0.2) is 53.4 Å². The zero-order valence-electron chi connectivity index (χ0n) is 14.8. The molecule has 1 unspecified atom stereocenters. The minimum Gasteiger partial charge on any atom is -0.455 e. The fourth-order valence-electron chi connectivity index (χ4n) is 2.40. The molecule has 0 aromatic heterocycles. The van der Waals surface area contributed by atoms with Crippen molar-refractivity contribution < 1.29 is 22.1 Å². The Morgan fingerprint density at radius 2 is 1.60 bits per heavy atom. The average Bonchev–Trinajstić information content (AvgIpc) is 2.54. The molecule has 0 radical (unpaired) electrons. The number of benzene rings is 2. The van der Waals surface area contributed by atoms with Gasteiger partial charge in [-0.1, -0.05) is 36.8 Å². The Bertz CT molecular complexity index is 838. The predicted molar refractivity (Wildman–Crippen MR) is 94.8 cm³/mol. The van der Waals surface area contributed by atoms with Crippen LogP contribution in [-0.2, 0) is 25.3 Å². The molecule has 0 N–H and O–H groups in total. The monoisotopic (exact) mass is 362 g/mol. The van der Waals surface area contributed by atoms with E-state index in [0.29, 0.717) is 6.42 Å². The lowest BCUT2D eigenvalue weighted by atomic mass is 9.93. The maximum absolute atomic E-state index is 12.3. The first-order valence-corrected chi connectivity index (χ1v) is 9.38. The van der Waals surface area contributed by atoms with Crippen LogP contribution in [0.5, 0.6) is 5.75 Å². The zero-order chi connectivity index (χ0) is 18.7. The molecule has 2 rings (SSSR count). The van der Waals surface area contributed by atoms with E-state index in [2.05, 4.69) is 0 Å². The van der Waals surface area contributed by atoms with Crippen LogP contribution in [0.25, 0.3) is 0 Å². The van der Waals surface area contributed by atoms with Gasteiger partial charge in [-0.2, -0.15) is 8.42 Å². The fraction of sp³-hybridized carbons (Fsp3) is 0.316. The van der Waals surface area contributed by atoms with E-state index in [9.17, 15) is 13.2 Å². The van der Waals surface area contributed by atoms with Crippen molar-refractivity contribution in [2.75, 3.05) is 0 Å². The lowest BCUT2D eigenvalue weighted by molar-refractivity contribution is -0.156. The Kier molecular flexibility index (Phi) is 5.52. The molecule has 0 bridgehead atoms. The number of carbonyl (C=O) groups is 1. The van der Waals surface area contributed by atoms with Crippen LogP contribution < -0.4 is 4.18 Å². The van der Waals surface area contributed by atoms with E-state index < -0.39 is 15.7 Å². The van der Waals surface area contributed by atoms with Crippen LogP contribution in [0.2, 0.25) is 0 Å². The maximum atomic E-state index is 12.3. The quantitative estimate of drug-likeness (QED) is 0.575. The third-order valence-electron chi connectivity index (χ3n) is 4.02. The third kappa shape index (κ3) is 4.60. The van der Waals surface area contributed by atoms with E-state index in [1.165, 1.54) is 19.1 Å². The lowest BCUT2D eigenvalue weighted by Gasteiger charge is -2.28. The third-order valence-corrected chi connectivity index (χ3v) is 5.29. The number of ether oxygens (including phenoxy) is 1. The summed E-state index contributed by atoms with van der Waals surface area (Å²) in [7, 11) is -3.89. The molecule has 0 heterocycles. The van der Waals surface area contributed by atoms with Gasteiger partial charge in [0.1, 0.15) is 16.2 Å². The minimum absolute atomic E-state index is 0.0977. The summed E-state index contributed by atoms with van der Waals surface area (Å²) < 4.78 is 35.2. The predicted octanol–water partition coefficient (Wildman–Crippen LogP) is 3.95. The van der Waals surface area contributed by atoms with Crippen LogP contribution in [0.3, 0.4) is 0 Å². The van der Waals surface area contributed by atoms with Crippen molar-refractivity contribution in [1.29, 1.82) is 0 Å². The van der Waals surface area contributed by atoms with E-state index in [1.807, 2.05) is 20.8 Å². The minimum atomic E-state index is -3.89. The summed E-state index contributed by atoms with van der Waals surface area (Å²) in [5, 5.41) is 0. The molecule has 2 aromatic carbocycles. The Balaban J connectivity index is 2.22. The smallest absolute Gasteiger partial charge is 0.339 e. The average molecular weight is 362 g/mol. The highest BCUT2D eigenvalue weighted by molar-refractivity contribution is 7.87. The summed E-state index contributed by atoms with van der Waals surface area (Å²) in [5.74, 6) is -0.169. The summed E-state index contributed by atoms with van der Waals surface area (Å²) in [6.45, 7) is 6.96. The first kappa shape index (κ1) is 19.0. The van der Waals surface area contributed by atoms with Gasteiger partial charge in [-0.3, -0.25) is 4.79 Å². The van der Waals surface area contributed by atoms with Crippen LogP contribution in [-0.4, -0.2) is 14.4 Å². The topological polar surface area (TPSA) is 69.7 Å². The van der Waals surface area contributed by atoms with Crippen LogP contribution in [0.4, 0.5) is 0 Å². The van der Waals surface area contributed by atoms with Crippen LogP contribution >= 0.6 is 0 Å². The SMILES string of the molecule is CCC(C)(OC(C)=O)c1ccc(OS(=O)(=O)c2ccc(C)cc2)cc1. The van der Waals surface area contributed by atoms with Crippen molar-refractivity contribution >= 4 is 16.1 Å². The molecule has 0 spiro atoms. The van der Waals surface area contributed by atoms with Gasteiger partial charge in [-0.25, -0.2) is 0 Å². The Hall–Kier alpha value is -2.34. The van der Waals surface area contributed by atoms with Gasteiger partial charge in [-0.15, -0.1) is 0 Å². The van der Waals surface area contributed by atoms with Gasteiger partial charge < -0.3 is 8.92 Å². The molecule has 5 nitrogen and oxygen atoms in total. The standard InChI is InChI=1S/C19H22O5S/c1-5-19(4,23-15(3)20)16-8-10-17(11-9-16)24-25(21,22)18-12-6-14(2)7-13-18/h6-13H,5H2,1-4H3. The number of hydrogen-bond donors (Lipinski definition) is 0. The number of esters is 1. The lowest BCUT2D eigenvalue weighted by Crippen LogP contribution is -2.27. The van der Waals surface area contributed by atoms with Gasteiger partial charge in [0.25, 0.3) is 0 Å². The first-order chi connectivity index (χ1) is 11.7. The molecule has 0 fully saturated rings. The molecule has 134 valence electrons. The van der Waals surface area contributed by atoms with Crippen molar-refractivity contribution in [2.45, 2.75) is 44.6 Å². The second-order valence-electron chi connectivity index (χ2n) is 6.05. The highest BCUT2D eigenvalue weighted by Gasteiger charge is 2.28. The molecule has 25 heavy (non-hydrogen) atoms. The number of carbonyl (C=O) groups excluding carboxylic acids is 1. The van der Waals surface area contributed by atoms with E-state index in [1.54, 1.807) is 36.4 Å². The van der Waals surface area contributed by atoms with Crippen molar-refractivity contribution in [3.05, 3.63) is 59.7 Å². The zero-order valence-corrected chi connectivity index (χ0v) is 15.6. The molecular weight excluding hydrogens is 340 g/mol. The fourth-order valence-corrected chi connectivity index (χ4v) is 3.33. The van der Waals surface area contributed by atoms with E-state index in [0.717, 1.165) is 11.1 Å². The molecule has 6 heteroatoms. The molecule has 0 saturated heterocycles. The van der Waals surface area contributed by atoms with E-state index >= 15 is 0 Å². The van der Waals surface area contributed by atoms with Crippen molar-refractivity contribution in [1.82, 2.24) is 0 Å². The van der Waals surface area contributed by atoms with E-state index in [4.69, 9.17) is 8.92 Å². The Labute approximate surface area is 148 Å². The van der Waals surface area contributed by atoms with Gasteiger partial charge in [0, 0.05) is 6.92 Å². The van der Waals surface area contributed by atoms with E-state index in [-0.39, 0.29) is 16.6 Å². The van der Waals surface area contributed by atoms with Gasteiger partial charge in [0.2, 0.25) is 0 Å². The Morgan fingerprint density at radius 3 is 2.08 bits per heavy atom. The summed E-state index contributed by atoms with van der Waals surface area (Å²) in [5.41, 5.74) is 0.970. The second kappa shape index (κ2) is 7.27. The van der Waals surface area contributed by atoms with Crippen molar-refractivity contribution in [3.8, 4) is 5.75 Å². The number of aryl methyl sites for hydroxylation is 1. The normalized spacial score (nSPS) is 13.8. The summed E-state index contributed by atoms with van der Waals surface area (Å²) in [6.07, 6.45) is 0.592. The number of rotatable bonds is 6. The molecule has 0 aliphatic heterocycles. The van der Waals surface area contributed by atoms with Crippen molar-refractivity contribution in [3.63, 3.8) is 0 Å². The highest BCUT2D eigenvalue weighted by Crippen LogP contribution is 2.31. The molecule has 0 amide bonds. The molecular formula is C19H22O5S. The van der Waals surface area contributed by atoms with Gasteiger partial charge in [-0.05, 0) is 50.1 Å². The molecule has 0 aliphatic rings. The van der Waals surface area contributed by atoms with Gasteiger partial charge in [0.15, 0.2) is 0 Å². The molecule has 2 aromatic rings. The summed E-state index contributed by atoms with van der Waals surface area (Å²) >= 11 is 0. The molecule has 0 saturated carbocycles. The van der Waals surface area contributed by atoms with Gasteiger partial charge >= 0.3 is 16.1 Å². The first-order valence-electron chi connectivity index (χ1n) is 7.97. The summed E-state index contributed by atoms with van der Waals surface area (Å²) in [6, 6.07) is 13.0.